The van der Waals surface area contributed by atoms with Gasteiger partial charge in [0.15, 0.2) is 0 Å². The molecule has 0 unspecified atom stereocenters. The molecule has 0 aliphatic carbocycles. The van der Waals surface area contributed by atoms with Gasteiger partial charge in [-0.3, -0.25) is 0 Å². The van der Waals surface area contributed by atoms with Gasteiger partial charge in [-0.15, -0.1) is 0 Å². The highest BCUT2D eigenvalue weighted by molar-refractivity contribution is 4.89. The number of rotatable bonds is 22. The minimum atomic E-state index is 0.789. The minimum Gasteiger partial charge on any atom is -0.403 e. The van der Waals surface area contributed by atoms with E-state index in [1.807, 2.05) is 0 Å². The molecule has 0 amide bonds. The molecule has 0 fully saturated rings. The maximum atomic E-state index is 5.21. The third-order valence-electron chi connectivity index (χ3n) is 6.84. The summed E-state index contributed by atoms with van der Waals surface area (Å²) >= 11 is 0. The first kappa shape index (κ1) is 47.0. The standard InChI is InChI=1S/C15H32N2.C14H30.C5H11N.C4H10/c1-6-9-15(4)16-11-8-13-17(5)12-7-10-14(2)3;1-5-9-13(10-6-2)14(11-7-3)12-8-4;1-3-4-5(2)6;1-4(2)3/h14,16H,4,6-13H2,1-3,5H3;13-14H,5-12H2,1-4H3;2-4,6H2,1H3;4H,1-3H3. The second-order valence-corrected chi connectivity index (χ2v) is 13.3. The van der Waals surface area contributed by atoms with Gasteiger partial charge in [0.25, 0.3) is 0 Å². The lowest BCUT2D eigenvalue weighted by Crippen LogP contribution is -2.24. The first-order chi connectivity index (χ1) is 19.4. The number of hydrogen-bond acceptors (Lipinski definition) is 3. The zero-order valence-corrected chi connectivity index (χ0v) is 31.0. The van der Waals surface area contributed by atoms with Crippen molar-refractivity contribution in [1.29, 1.82) is 0 Å². The van der Waals surface area contributed by atoms with E-state index in [4.69, 9.17) is 5.73 Å². The van der Waals surface area contributed by atoms with Crippen LogP contribution in [-0.2, 0) is 0 Å². The van der Waals surface area contributed by atoms with E-state index in [1.165, 1.54) is 95.8 Å². The van der Waals surface area contributed by atoms with Crippen molar-refractivity contribution in [3.05, 3.63) is 24.6 Å². The van der Waals surface area contributed by atoms with E-state index in [0.29, 0.717) is 0 Å². The second-order valence-electron chi connectivity index (χ2n) is 13.3. The van der Waals surface area contributed by atoms with E-state index >= 15 is 0 Å². The van der Waals surface area contributed by atoms with Crippen LogP contribution in [0, 0.1) is 23.7 Å². The molecule has 0 radical (unpaired) electrons. The molecule has 0 aliphatic rings. The van der Waals surface area contributed by atoms with Crippen LogP contribution in [-0.4, -0.2) is 31.6 Å². The highest BCUT2D eigenvalue weighted by atomic mass is 15.1. The van der Waals surface area contributed by atoms with Crippen LogP contribution in [0.2, 0.25) is 0 Å². The normalized spacial score (nSPS) is 10.7. The Kier molecular flexibility index (Phi) is 42.5. The fraction of sp³-hybridized carbons (Fsp3) is 0.895. The summed E-state index contributed by atoms with van der Waals surface area (Å²) in [5.74, 6) is 3.71. The molecular weight excluding hydrogens is 498 g/mol. The minimum absolute atomic E-state index is 0.789. The number of allylic oxidation sites excluding steroid dienone is 2. The van der Waals surface area contributed by atoms with Crippen LogP contribution in [0.1, 0.15) is 172 Å². The quantitative estimate of drug-likeness (QED) is 0.125. The molecule has 0 bridgehead atoms. The molecule has 3 N–H and O–H groups in total. The van der Waals surface area contributed by atoms with Gasteiger partial charge >= 0.3 is 0 Å². The molecule has 0 aromatic heterocycles. The maximum absolute atomic E-state index is 5.21. The first-order valence-electron chi connectivity index (χ1n) is 17.9. The fourth-order valence-electron chi connectivity index (χ4n) is 4.92. The van der Waals surface area contributed by atoms with Gasteiger partial charge in [-0.2, -0.15) is 0 Å². The fourth-order valence-corrected chi connectivity index (χ4v) is 4.92. The Morgan fingerprint density at radius 3 is 1.32 bits per heavy atom. The van der Waals surface area contributed by atoms with Gasteiger partial charge in [-0.25, -0.2) is 0 Å². The maximum Gasteiger partial charge on any atom is 0.0155 e. The van der Waals surface area contributed by atoms with Crippen molar-refractivity contribution in [2.45, 2.75) is 172 Å². The van der Waals surface area contributed by atoms with Gasteiger partial charge in [0.05, 0.1) is 0 Å². The number of nitrogens with zero attached hydrogens (tertiary/aromatic N) is 1. The highest BCUT2D eigenvalue weighted by Crippen LogP contribution is 2.30. The molecule has 0 spiro atoms. The predicted molar refractivity (Wildman–Crippen MR) is 194 cm³/mol. The topological polar surface area (TPSA) is 41.3 Å². The first-order valence-corrected chi connectivity index (χ1v) is 17.9. The van der Waals surface area contributed by atoms with E-state index in [-0.39, 0.29) is 0 Å². The zero-order valence-electron chi connectivity index (χ0n) is 31.0. The van der Waals surface area contributed by atoms with E-state index < -0.39 is 0 Å². The van der Waals surface area contributed by atoms with E-state index in [9.17, 15) is 0 Å². The van der Waals surface area contributed by atoms with Crippen molar-refractivity contribution in [2.75, 3.05) is 26.7 Å². The molecular formula is C38H83N3. The van der Waals surface area contributed by atoms with Crippen LogP contribution >= 0.6 is 0 Å². The molecule has 250 valence electrons. The monoisotopic (exact) mass is 582 g/mol. The molecule has 0 rings (SSSR count). The third-order valence-corrected chi connectivity index (χ3v) is 6.84. The molecule has 0 saturated carbocycles. The Balaban J connectivity index is -0.000000254. The summed E-state index contributed by atoms with van der Waals surface area (Å²) < 4.78 is 0. The molecule has 3 heteroatoms. The van der Waals surface area contributed by atoms with Gasteiger partial charge in [0.2, 0.25) is 0 Å². The molecule has 41 heavy (non-hydrogen) atoms. The number of nitrogens with one attached hydrogen (secondary N) is 1. The van der Waals surface area contributed by atoms with Gasteiger partial charge in [0.1, 0.15) is 0 Å². The molecule has 0 saturated heterocycles. The van der Waals surface area contributed by atoms with Crippen LogP contribution in [0.25, 0.3) is 0 Å². The summed E-state index contributed by atoms with van der Waals surface area (Å²) in [5.41, 5.74) is 7.19. The van der Waals surface area contributed by atoms with Gasteiger partial charge in [0, 0.05) is 17.9 Å². The molecule has 0 heterocycles. The number of nitrogens with two attached hydrogens (primary N) is 1. The van der Waals surface area contributed by atoms with Crippen molar-refractivity contribution in [3.8, 4) is 0 Å². The van der Waals surface area contributed by atoms with Crippen molar-refractivity contribution in [1.82, 2.24) is 10.2 Å². The third kappa shape index (κ3) is 46.2. The molecule has 0 aromatic carbocycles. The lowest BCUT2D eigenvalue weighted by Gasteiger charge is -2.26. The van der Waals surface area contributed by atoms with E-state index in [2.05, 4.69) is 107 Å². The zero-order chi connectivity index (χ0) is 32.5. The van der Waals surface area contributed by atoms with Gasteiger partial charge in [-0.05, 0) is 75.9 Å². The predicted octanol–water partition coefficient (Wildman–Crippen LogP) is 12.0. The van der Waals surface area contributed by atoms with E-state index in [0.717, 1.165) is 55.2 Å². The van der Waals surface area contributed by atoms with Crippen molar-refractivity contribution in [3.63, 3.8) is 0 Å². The van der Waals surface area contributed by atoms with Gasteiger partial charge < -0.3 is 16.0 Å². The van der Waals surface area contributed by atoms with Crippen LogP contribution < -0.4 is 11.1 Å². The van der Waals surface area contributed by atoms with Gasteiger partial charge in [-0.1, -0.05) is 154 Å². The van der Waals surface area contributed by atoms with Crippen LogP contribution in [0.5, 0.6) is 0 Å². The second kappa shape index (κ2) is 37.1. The smallest absolute Gasteiger partial charge is 0.0155 e. The highest BCUT2D eigenvalue weighted by Gasteiger charge is 2.18. The van der Waals surface area contributed by atoms with E-state index in [1.54, 1.807) is 0 Å². The lowest BCUT2D eigenvalue weighted by atomic mass is 9.80. The SMILES string of the molecule is C=C(CCC)NCCCN(C)CCCC(C)C.C=C(N)CCC.CC(C)C.CCCC(CCC)C(CCC)CCC. The molecule has 0 aromatic rings. The summed E-state index contributed by atoms with van der Waals surface area (Å²) in [4.78, 5) is 2.44. The van der Waals surface area contributed by atoms with Crippen molar-refractivity contribution >= 4 is 0 Å². The van der Waals surface area contributed by atoms with Crippen LogP contribution in [0.4, 0.5) is 0 Å². The summed E-state index contributed by atoms with van der Waals surface area (Å²) in [6, 6.07) is 0. The largest absolute Gasteiger partial charge is 0.403 e. The summed E-state index contributed by atoms with van der Waals surface area (Å²) in [5, 5.41) is 3.39. The Bertz CT molecular complexity index is 483. The average molecular weight is 582 g/mol. The van der Waals surface area contributed by atoms with Crippen LogP contribution in [0.3, 0.4) is 0 Å². The summed E-state index contributed by atoms with van der Waals surface area (Å²) in [7, 11) is 2.22. The lowest BCUT2D eigenvalue weighted by molar-refractivity contribution is 0.255. The molecule has 0 atom stereocenters. The number of hydrogen-bond donors (Lipinski definition) is 2. The van der Waals surface area contributed by atoms with Crippen molar-refractivity contribution in [2.24, 2.45) is 29.4 Å². The van der Waals surface area contributed by atoms with Crippen LogP contribution in [0.15, 0.2) is 24.6 Å². The summed E-state index contributed by atoms with van der Waals surface area (Å²) in [6.45, 7) is 35.7. The summed E-state index contributed by atoms with van der Waals surface area (Å²) in [6.07, 6.45) is 19.5. The molecule has 3 nitrogen and oxygen atoms in total. The Hall–Kier alpha value is -0.960. The molecule has 0 aliphatic heterocycles. The Labute approximate surface area is 263 Å². The van der Waals surface area contributed by atoms with Crippen molar-refractivity contribution < 1.29 is 0 Å². The Morgan fingerprint density at radius 1 is 0.634 bits per heavy atom. The Morgan fingerprint density at radius 2 is 1.02 bits per heavy atom. The average Bonchev–Trinajstić information content (AvgIpc) is 2.87.